The zero-order chi connectivity index (χ0) is 20.4. The zero-order valence-corrected chi connectivity index (χ0v) is 15.2. The summed E-state index contributed by atoms with van der Waals surface area (Å²) < 4.78 is 43.6. The Morgan fingerprint density at radius 3 is 2.59 bits per heavy atom. The molecule has 146 valence electrons. The van der Waals surface area contributed by atoms with Crippen molar-refractivity contribution in [3.63, 3.8) is 0 Å². The van der Waals surface area contributed by atoms with Crippen LogP contribution in [-0.4, -0.2) is 28.6 Å². The van der Waals surface area contributed by atoms with E-state index in [1.165, 1.54) is 12.1 Å². The van der Waals surface area contributed by atoms with E-state index in [2.05, 4.69) is 25.0 Å². The molecule has 0 saturated heterocycles. The predicted octanol–water partition coefficient (Wildman–Crippen LogP) is 5.14. The highest BCUT2D eigenvalue weighted by Gasteiger charge is 2.15. The molecular formula is C21H15F3N4O. The second-order valence-electron chi connectivity index (χ2n) is 6.14. The number of alkyl halides is 2. The fourth-order valence-corrected chi connectivity index (χ4v) is 3.04. The van der Waals surface area contributed by atoms with Gasteiger partial charge in [-0.1, -0.05) is 6.07 Å². The smallest absolute Gasteiger partial charge is 0.387 e. The molecule has 2 heterocycles. The van der Waals surface area contributed by atoms with Crippen molar-refractivity contribution >= 4 is 16.7 Å². The topological polar surface area (TPSA) is 59.9 Å². The second kappa shape index (κ2) is 7.75. The van der Waals surface area contributed by atoms with Crippen molar-refractivity contribution in [3.05, 3.63) is 66.7 Å². The molecule has 0 saturated carbocycles. The Balaban J connectivity index is 1.88. The molecule has 0 aliphatic heterocycles. The summed E-state index contributed by atoms with van der Waals surface area (Å²) in [6.45, 7) is -3.06. The van der Waals surface area contributed by atoms with Gasteiger partial charge in [-0.15, -0.1) is 0 Å². The van der Waals surface area contributed by atoms with Gasteiger partial charge in [0.25, 0.3) is 0 Å². The van der Waals surface area contributed by atoms with Crippen LogP contribution in [0, 0.1) is 5.82 Å². The largest absolute Gasteiger partial charge is 0.434 e. The number of aromatic nitrogens is 3. The number of fused-ring (bicyclic) bond motifs is 1. The molecule has 0 radical (unpaired) electrons. The Hall–Kier alpha value is -3.68. The van der Waals surface area contributed by atoms with Crippen LogP contribution in [0.15, 0.2) is 60.9 Å². The van der Waals surface area contributed by atoms with E-state index in [9.17, 15) is 13.2 Å². The second-order valence-corrected chi connectivity index (χ2v) is 6.14. The highest BCUT2D eigenvalue weighted by atomic mass is 19.3. The maximum Gasteiger partial charge on any atom is 0.387 e. The molecule has 0 atom stereocenters. The minimum absolute atomic E-state index is 0.241. The molecule has 0 unspecified atom stereocenters. The van der Waals surface area contributed by atoms with Crippen molar-refractivity contribution in [2.75, 3.05) is 12.4 Å². The van der Waals surface area contributed by atoms with Gasteiger partial charge in [-0.2, -0.15) is 8.78 Å². The molecule has 8 heteroatoms. The average molecular weight is 396 g/mol. The monoisotopic (exact) mass is 396 g/mol. The van der Waals surface area contributed by atoms with Gasteiger partial charge >= 0.3 is 6.61 Å². The first-order chi connectivity index (χ1) is 14.0. The molecule has 4 rings (SSSR count). The fraction of sp³-hybridized carbons (Fsp3) is 0.0952. The van der Waals surface area contributed by atoms with Gasteiger partial charge in [0.15, 0.2) is 5.82 Å². The first-order valence-electron chi connectivity index (χ1n) is 8.70. The van der Waals surface area contributed by atoms with Gasteiger partial charge in [0.05, 0.1) is 5.52 Å². The Kier molecular flexibility index (Phi) is 4.99. The third-order valence-electron chi connectivity index (χ3n) is 4.32. The standard InChI is InChI=1S/C21H15F3N4O/c1-25-20-16-6-4-12(15-7-5-14(22)10-18(15)29-21(23)24)9-17(16)27-19(28-20)13-3-2-8-26-11-13/h2-11,21H,1H3,(H,25,27,28). The first kappa shape index (κ1) is 18.7. The van der Waals surface area contributed by atoms with Gasteiger partial charge in [-0.05, 0) is 42.0 Å². The molecule has 1 N–H and O–H groups in total. The predicted molar refractivity (Wildman–Crippen MR) is 104 cm³/mol. The van der Waals surface area contributed by atoms with Crippen molar-refractivity contribution < 1.29 is 17.9 Å². The number of hydrogen-bond donors (Lipinski definition) is 1. The van der Waals surface area contributed by atoms with Gasteiger partial charge in [0.1, 0.15) is 17.4 Å². The van der Waals surface area contributed by atoms with Crippen LogP contribution in [0.5, 0.6) is 5.75 Å². The van der Waals surface area contributed by atoms with E-state index >= 15 is 0 Å². The van der Waals surface area contributed by atoms with Gasteiger partial charge in [0, 0.05) is 42.0 Å². The normalized spacial score (nSPS) is 11.1. The molecule has 2 aromatic heterocycles. The van der Waals surface area contributed by atoms with Gasteiger partial charge in [-0.3, -0.25) is 4.98 Å². The molecule has 0 fully saturated rings. The van der Waals surface area contributed by atoms with Gasteiger partial charge < -0.3 is 10.1 Å². The Bertz CT molecular complexity index is 1170. The lowest BCUT2D eigenvalue weighted by atomic mass is 10.0. The summed E-state index contributed by atoms with van der Waals surface area (Å²) in [6, 6.07) is 12.4. The van der Waals surface area contributed by atoms with Crippen LogP contribution < -0.4 is 10.1 Å². The Labute approximate surface area is 164 Å². The summed E-state index contributed by atoms with van der Waals surface area (Å²) in [4.78, 5) is 13.2. The average Bonchev–Trinajstić information content (AvgIpc) is 2.73. The van der Waals surface area contributed by atoms with Crippen LogP contribution in [0.2, 0.25) is 0 Å². The van der Waals surface area contributed by atoms with E-state index < -0.39 is 12.4 Å². The SMILES string of the molecule is CNc1nc(-c2cccnc2)nc2cc(-c3ccc(F)cc3OC(F)F)ccc12. The number of benzene rings is 2. The number of ether oxygens (including phenoxy) is 1. The third-order valence-corrected chi connectivity index (χ3v) is 4.32. The third kappa shape index (κ3) is 3.82. The zero-order valence-electron chi connectivity index (χ0n) is 15.2. The lowest BCUT2D eigenvalue weighted by molar-refractivity contribution is -0.0495. The molecule has 0 amide bonds. The summed E-state index contributed by atoms with van der Waals surface area (Å²) in [5, 5.41) is 3.79. The molecule has 29 heavy (non-hydrogen) atoms. The van der Waals surface area contributed by atoms with E-state index in [4.69, 9.17) is 0 Å². The number of anilines is 1. The van der Waals surface area contributed by atoms with Crippen molar-refractivity contribution in [1.29, 1.82) is 0 Å². The molecule has 4 aromatic rings. The van der Waals surface area contributed by atoms with E-state index in [1.54, 1.807) is 43.7 Å². The van der Waals surface area contributed by atoms with Crippen LogP contribution >= 0.6 is 0 Å². The summed E-state index contributed by atoms with van der Waals surface area (Å²) in [5.74, 6) is 0.178. The minimum Gasteiger partial charge on any atom is -0.434 e. The number of hydrogen-bond acceptors (Lipinski definition) is 5. The molecule has 0 bridgehead atoms. The number of rotatable bonds is 5. The van der Waals surface area contributed by atoms with E-state index in [-0.39, 0.29) is 5.75 Å². The highest BCUT2D eigenvalue weighted by Crippen LogP contribution is 2.35. The van der Waals surface area contributed by atoms with Gasteiger partial charge in [0.2, 0.25) is 0 Å². The van der Waals surface area contributed by atoms with Crippen LogP contribution in [0.3, 0.4) is 0 Å². The number of nitrogens with one attached hydrogen (secondary N) is 1. The summed E-state index contributed by atoms with van der Waals surface area (Å²) >= 11 is 0. The highest BCUT2D eigenvalue weighted by molar-refractivity contribution is 5.93. The summed E-state index contributed by atoms with van der Waals surface area (Å²) in [6.07, 6.45) is 3.31. The first-order valence-corrected chi connectivity index (χ1v) is 8.70. The number of nitrogens with zero attached hydrogens (tertiary/aromatic N) is 3. The number of halogens is 3. The molecule has 0 spiro atoms. The van der Waals surface area contributed by atoms with Gasteiger partial charge in [-0.25, -0.2) is 14.4 Å². The van der Waals surface area contributed by atoms with Crippen LogP contribution in [-0.2, 0) is 0 Å². The van der Waals surface area contributed by atoms with E-state index in [0.717, 1.165) is 17.0 Å². The van der Waals surface area contributed by atoms with Crippen molar-refractivity contribution in [2.24, 2.45) is 0 Å². The van der Waals surface area contributed by atoms with Crippen molar-refractivity contribution in [2.45, 2.75) is 6.61 Å². The lowest BCUT2D eigenvalue weighted by Gasteiger charge is -2.13. The summed E-state index contributed by atoms with van der Waals surface area (Å²) in [7, 11) is 1.75. The minimum atomic E-state index is -3.06. The Morgan fingerprint density at radius 2 is 1.86 bits per heavy atom. The fourth-order valence-electron chi connectivity index (χ4n) is 3.04. The van der Waals surface area contributed by atoms with Crippen LogP contribution in [0.25, 0.3) is 33.4 Å². The number of pyridine rings is 1. The molecule has 0 aliphatic rings. The lowest BCUT2D eigenvalue weighted by Crippen LogP contribution is -2.04. The molecule has 2 aromatic carbocycles. The van der Waals surface area contributed by atoms with E-state index in [1.807, 2.05) is 6.07 Å². The molecule has 5 nitrogen and oxygen atoms in total. The van der Waals surface area contributed by atoms with Crippen LogP contribution in [0.1, 0.15) is 0 Å². The van der Waals surface area contributed by atoms with Crippen molar-refractivity contribution in [3.8, 4) is 28.3 Å². The quantitative estimate of drug-likeness (QED) is 0.506. The van der Waals surface area contributed by atoms with Crippen molar-refractivity contribution in [1.82, 2.24) is 15.0 Å². The van der Waals surface area contributed by atoms with Crippen LogP contribution in [0.4, 0.5) is 19.0 Å². The maximum atomic E-state index is 13.5. The molecule has 0 aliphatic carbocycles. The van der Waals surface area contributed by atoms with E-state index in [0.29, 0.717) is 28.3 Å². The maximum absolute atomic E-state index is 13.5. The Morgan fingerprint density at radius 1 is 1.00 bits per heavy atom. The summed E-state index contributed by atoms with van der Waals surface area (Å²) in [5.41, 5.74) is 2.22. The molecular weight excluding hydrogens is 381 g/mol.